The molecule has 0 spiro atoms. The number of benzene rings is 2. The van der Waals surface area contributed by atoms with Gasteiger partial charge in [-0.25, -0.2) is 8.78 Å². The van der Waals surface area contributed by atoms with E-state index in [1.54, 1.807) is 7.05 Å². The number of halogens is 4. The number of hydrogen-bond donors (Lipinski definition) is 3. The molecule has 3 fully saturated rings. The molecule has 13 heteroatoms. The molecule has 2 amide bonds. The molecule has 3 N–H and O–H groups in total. The van der Waals surface area contributed by atoms with Gasteiger partial charge in [0.2, 0.25) is 0 Å². The maximum absolute atomic E-state index is 13.7. The number of hydrogen-bond acceptors (Lipinski definition) is 6. The number of carboxylic acid groups (broad SMARTS) is 1. The predicted octanol–water partition coefficient (Wildman–Crippen LogP) is 4.19. The van der Waals surface area contributed by atoms with Gasteiger partial charge in [0, 0.05) is 30.3 Å². The molecule has 0 radical (unpaired) electrons. The molecule has 9 nitrogen and oxygen atoms in total. The lowest BCUT2D eigenvalue weighted by Crippen LogP contribution is -2.73. The minimum absolute atomic E-state index is 0.0517. The standard InChI is InChI=1S/C28H31Cl2F2N3O6/c1-35(11-6-26(38)39)23-14-27(33-24(36)15-40-17-2-4-19(29)21(31)12-17)7-9-28(23,10-8-27)34-25(37)16-41-18-3-5-20(30)22(32)13-18/h2-5,12-13,23H,6-11,14-16H2,1H3,(H,33,36)(H,34,37)(H,38,39). The van der Waals surface area contributed by atoms with E-state index in [2.05, 4.69) is 10.6 Å². The minimum atomic E-state index is -0.946. The Balaban J connectivity index is 1.41. The quantitative estimate of drug-likeness (QED) is 0.328. The summed E-state index contributed by atoms with van der Waals surface area (Å²) in [7, 11) is 1.79. The van der Waals surface area contributed by atoms with Crippen molar-refractivity contribution in [2.75, 3.05) is 26.8 Å². The molecule has 1 unspecified atom stereocenters. The van der Waals surface area contributed by atoms with Crippen molar-refractivity contribution < 1.29 is 37.7 Å². The molecule has 2 bridgehead atoms. The first-order chi connectivity index (χ1) is 19.4. The average Bonchev–Trinajstić information content (AvgIpc) is 2.93. The molecule has 1 atom stereocenters. The van der Waals surface area contributed by atoms with Crippen molar-refractivity contribution in [3.63, 3.8) is 0 Å². The van der Waals surface area contributed by atoms with Crippen LogP contribution >= 0.6 is 23.2 Å². The van der Waals surface area contributed by atoms with Crippen LogP contribution in [0.4, 0.5) is 8.78 Å². The molecule has 0 heterocycles. The topological polar surface area (TPSA) is 117 Å². The first-order valence-corrected chi connectivity index (χ1v) is 13.9. The predicted molar refractivity (Wildman–Crippen MR) is 147 cm³/mol. The SMILES string of the molecule is CN(CCC(=O)O)C1CC2(NC(=O)COc3ccc(Cl)c(F)c3)CCC1(NC(=O)COc1ccc(Cl)c(F)c1)CC2. The van der Waals surface area contributed by atoms with Crippen molar-refractivity contribution in [2.45, 2.75) is 55.6 Å². The summed E-state index contributed by atoms with van der Waals surface area (Å²) in [5.74, 6) is -2.71. The minimum Gasteiger partial charge on any atom is -0.484 e. The number of aliphatic carboxylic acids is 1. The number of nitrogens with zero attached hydrogens (tertiary/aromatic N) is 1. The number of likely N-dealkylation sites (N-methyl/N-ethyl adjacent to an activating group) is 1. The van der Waals surface area contributed by atoms with Crippen molar-refractivity contribution in [3.8, 4) is 11.5 Å². The molecule has 41 heavy (non-hydrogen) atoms. The van der Waals surface area contributed by atoms with E-state index < -0.39 is 34.6 Å². The molecule has 0 saturated heterocycles. The molecule has 2 aromatic carbocycles. The zero-order valence-electron chi connectivity index (χ0n) is 22.4. The second kappa shape index (κ2) is 12.8. The summed E-state index contributed by atoms with van der Waals surface area (Å²) in [5.41, 5.74) is -1.26. The Morgan fingerprint density at radius 3 is 1.93 bits per heavy atom. The molecule has 5 rings (SSSR count). The van der Waals surface area contributed by atoms with Crippen LogP contribution in [0.25, 0.3) is 0 Å². The van der Waals surface area contributed by atoms with Crippen molar-refractivity contribution in [3.05, 3.63) is 58.1 Å². The van der Waals surface area contributed by atoms with Gasteiger partial charge >= 0.3 is 5.97 Å². The van der Waals surface area contributed by atoms with Gasteiger partial charge in [-0.05, 0) is 63.4 Å². The van der Waals surface area contributed by atoms with Gasteiger partial charge in [-0.1, -0.05) is 23.2 Å². The van der Waals surface area contributed by atoms with Gasteiger partial charge in [-0.2, -0.15) is 0 Å². The van der Waals surface area contributed by atoms with Crippen molar-refractivity contribution in [1.29, 1.82) is 0 Å². The highest BCUT2D eigenvalue weighted by Crippen LogP contribution is 2.48. The van der Waals surface area contributed by atoms with Crippen LogP contribution in [0.1, 0.15) is 38.5 Å². The van der Waals surface area contributed by atoms with Gasteiger partial charge in [-0.3, -0.25) is 14.4 Å². The fourth-order valence-corrected chi connectivity index (χ4v) is 5.98. The van der Waals surface area contributed by atoms with Crippen molar-refractivity contribution in [1.82, 2.24) is 15.5 Å². The third-order valence-electron chi connectivity index (χ3n) is 7.85. The van der Waals surface area contributed by atoms with Gasteiger partial charge in [0.1, 0.15) is 23.1 Å². The van der Waals surface area contributed by atoms with Gasteiger partial charge < -0.3 is 30.1 Å². The number of carboxylic acids is 1. The second-order valence-electron chi connectivity index (χ2n) is 10.6. The normalized spacial score (nSPS) is 23.2. The van der Waals surface area contributed by atoms with Gasteiger partial charge in [0.05, 0.1) is 22.0 Å². The molecule has 3 aliphatic carbocycles. The Morgan fingerprint density at radius 2 is 1.44 bits per heavy atom. The highest BCUT2D eigenvalue weighted by Gasteiger charge is 2.56. The molecular formula is C28H31Cl2F2N3O6. The number of fused-ring (bicyclic) bond motifs is 3. The lowest BCUT2D eigenvalue weighted by Gasteiger charge is -2.60. The van der Waals surface area contributed by atoms with Gasteiger partial charge in [0.15, 0.2) is 13.2 Å². The molecule has 0 aromatic heterocycles. The Bertz CT molecular complexity index is 1310. The fourth-order valence-electron chi connectivity index (χ4n) is 5.74. The Morgan fingerprint density at radius 1 is 0.927 bits per heavy atom. The van der Waals surface area contributed by atoms with E-state index in [1.165, 1.54) is 24.3 Å². The average molecular weight is 614 g/mol. The highest BCUT2D eigenvalue weighted by atomic mass is 35.5. The van der Waals surface area contributed by atoms with Crippen molar-refractivity contribution >= 4 is 41.0 Å². The first kappa shape index (κ1) is 30.8. The van der Waals surface area contributed by atoms with Crippen LogP contribution in [-0.4, -0.2) is 71.7 Å². The molecule has 2 aromatic rings. The number of nitrogens with one attached hydrogen (secondary N) is 2. The van der Waals surface area contributed by atoms with E-state index in [1.807, 2.05) is 4.90 Å². The maximum atomic E-state index is 13.7. The molecule has 222 valence electrons. The summed E-state index contributed by atoms with van der Waals surface area (Å²) in [6.07, 6.45) is 2.57. The summed E-state index contributed by atoms with van der Waals surface area (Å²) < 4.78 is 38.4. The summed E-state index contributed by atoms with van der Waals surface area (Å²) in [6.45, 7) is -0.431. The highest BCUT2D eigenvalue weighted by molar-refractivity contribution is 6.31. The Hall–Kier alpha value is -3.15. The van der Waals surface area contributed by atoms with E-state index in [-0.39, 0.29) is 59.7 Å². The first-order valence-electron chi connectivity index (χ1n) is 13.1. The van der Waals surface area contributed by atoms with Gasteiger partial charge in [-0.15, -0.1) is 0 Å². The van der Waals surface area contributed by atoms with E-state index in [0.717, 1.165) is 12.1 Å². The lowest BCUT2D eigenvalue weighted by atomic mass is 9.58. The summed E-state index contributed by atoms with van der Waals surface area (Å²) in [5, 5.41) is 15.3. The van der Waals surface area contributed by atoms with E-state index in [0.29, 0.717) is 32.1 Å². The number of amides is 2. The Labute approximate surface area is 246 Å². The van der Waals surface area contributed by atoms with Crippen molar-refractivity contribution in [2.24, 2.45) is 0 Å². The van der Waals surface area contributed by atoms with Gasteiger partial charge in [0.25, 0.3) is 11.8 Å². The molecule has 0 aliphatic heterocycles. The van der Waals surface area contributed by atoms with Crippen LogP contribution in [-0.2, 0) is 14.4 Å². The summed E-state index contributed by atoms with van der Waals surface area (Å²) in [4.78, 5) is 39.0. The summed E-state index contributed by atoms with van der Waals surface area (Å²) >= 11 is 11.4. The number of carbonyl (C=O) groups excluding carboxylic acids is 2. The third kappa shape index (κ3) is 7.58. The smallest absolute Gasteiger partial charge is 0.304 e. The second-order valence-corrected chi connectivity index (χ2v) is 11.4. The number of ether oxygens (including phenoxy) is 2. The van der Waals surface area contributed by atoms with Crippen LogP contribution in [0.2, 0.25) is 10.0 Å². The van der Waals surface area contributed by atoms with E-state index in [9.17, 15) is 28.3 Å². The van der Waals surface area contributed by atoms with E-state index >= 15 is 0 Å². The van der Waals surface area contributed by atoms with Crippen LogP contribution in [0.5, 0.6) is 11.5 Å². The number of carbonyl (C=O) groups is 3. The zero-order valence-corrected chi connectivity index (χ0v) is 23.9. The van der Waals surface area contributed by atoms with Crippen LogP contribution < -0.4 is 20.1 Å². The number of rotatable bonds is 12. The Kier molecular flexibility index (Phi) is 9.61. The maximum Gasteiger partial charge on any atom is 0.304 e. The zero-order chi connectivity index (χ0) is 29.8. The molecule has 3 aliphatic rings. The van der Waals surface area contributed by atoms with E-state index in [4.69, 9.17) is 32.7 Å². The molecular weight excluding hydrogens is 583 g/mol. The fraction of sp³-hybridized carbons (Fsp3) is 0.464. The van der Waals surface area contributed by atoms with Crippen LogP contribution in [0.3, 0.4) is 0 Å². The largest absolute Gasteiger partial charge is 0.484 e. The third-order valence-corrected chi connectivity index (χ3v) is 8.46. The molecule has 3 saturated carbocycles. The summed E-state index contributed by atoms with van der Waals surface area (Å²) in [6, 6.07) is 7.53. The van der Waals surface area contributed by atoms with Crippen LogP contribution in [0.15, 0.2) is 36.4 Å². The lowest BCUT2D eigenvalue weighted by molar-refractivity contribution is -0.138. The monoisotopic (exact) mass is 613 g/mol. The van der Waals surface area contributed by atoms with Crippen LogP contribution in [0, 0.1) is 11.6 Å².